The van der Waals surface area contributed by atoms with Crippen LogP contribution in [-0.4, -0.2) is 51.8 Å². The molecule has 1 aliphatic carbocycles. The number of aryl methyl sites for hydroxylation is 1. The van der Waals surface area contributed by atoms with Crippen LogP contribution in [0.3, 0.4) is 0 Å². The van der Waals surface area contributed by atoms with Crippen LogP contribution in [0.5, 0.6) is 0 Å². The highest BCUT2D eigenvalue weighted by Crippen LogP contribution is 2.29. The van der Waals surface area contributed by atoms with E-state index in [-0.39, 0.29) is 5.78 Å². The quantitative estimate of drug-likeness (QED) is 0.662. The van der Waals surface area contributed by atoms with Gasteiger partial charge in [0.15, 0.2) is 5.78 Å². The molecule has 0 saturated heterocycles. The Labute approximate surface area is 165 Å². The Kier molecular flexibility index (Phi) is 5.13. The fourth-order valence-corrected chi connectivity index (χ4v) is 4.15. The Hall–Kier alpha value is -2.73. The molecule has 0 amide bonds. The molecule has 1 fully saturated rings. The van der Waals surface area contributed by atoms with Crippen LogP contribution in [0.25, 0.3) is 11.0 Å². The molecular formula is C22H27N5O. The van der Waals surface area contributed by atoms with E-state index < -0.39 is 0 Å². The second-order valence-corrected chi connectivity index (χ2v) is 7.91. The lowest BCUT2D eigenvalue weighted by atomic mass is 9.90. The first-order valence-electron chi connectivity index (χ1n) is 9.90. The van der Waals surface area contributed by atoms with Crippen LogP contribution >= 0.6 is 0 Å². The van der Waals surface area contributed by atoms with E-state index in [1.807, 2.05) is 31.2 Å². The maximum Gasteiger partial charge on any atom is 0.195 e. The van der Waals surface area contributed by atoms with Crippen LogP contribution in [0.15, 0.2) is 36.8 Å². The standard InChI is InChI=1S/C22H27N5O/c1-14-6-4-5-7-17(14)20(28)18-12-23-21-19(18)22(25-13-24-21)26-15-8-10-16(11-9-15)27(2)3/h4-7,12-13,15-16H,8-11H2,1-3H3,(H2,23,24,25,26)/t15-,16+. The summed E-state index contributed by atoms with van der Waals surface area (Å²) in [5.41, 5.74) is 2.99. The Morgan fingerprint density at radius 3 is 2.57 bits per heavy atom. The lowest BCUT2D eigenvalue weighted by Gasteiger charge is -2.33. The molecule has 6 heteroatoms. The summed E-state index contributed by atoms with van der Waals surface area (Å²) in [5, 5.41) is 4.37. The van der Waals surface area contributed by atoms with Crippen molar-refractivity contribution >= 4 is 22.6 Å². The van der Waals surface area contributed by atoms with E-state index in [1.54, 1.807) is 12.5 Å². The fourth-order valence-electron chi connectivity index (χ4n) is 4.15. The first-order valence-corrected chi connectivity index (χ1v) is 9.90. The zero-order valence-corrected chi connectivity index (χ0v) is 16.7. The number of anilines is 1. The van der Waals surface area contributed by atoms with Crippen LogP contribution in [0, 0.1) is 6.92 Å². The second kappa shape index (κ2) is 7.72. The first kappa shape index (κ1) is 18.6. The average Bonchev–Trinajstić information content (AvgIpc) is 3.13. The van der Waals surface area contributed by atoms with Gasteiger partial charge in [-0.2, -0.15) is 0 Å². The molecule has 2 aromatic heterocycles. The van der Waals surface area contributed by atoms with Gasteiger partial charge < -0.3 is 15.2 Å². The van der Waals surface area contributed by atoms with Crippen molar-refractivity contribution in [2.75, 3.05) is 19.4 Å². The number of aromatic amines is 1. The van der Waals surface area contributed by atoms with Gasteiger partial charge in [-0.3, -0.25) is 4.79 Å². The van der Waals surface area contributed by atoms with Gasteiger partial charge in [-0.25, -0.2) is 9.97 Å². The molecule has 1 aliphatic rings. The fraction of sp³-hybridized carbons (Fsp3) is 0.409. The molecule has 0 bridgehead atoms. The SMILES string of the molecule is Cc1ccccc1C(=O)c1c[nH]c2ncnc(N[C@H]3CC[C@@H](N(C)C)CC3)c12. The minimum absolute atomic E-state index is 0.00137. The Morgan fingerprint density at radius 2 is 1.86 bits per heavy atom. The summed E-state index contributed by atoms with van der Waals surface area (Å²) in [6.45, 7) is 1.96. The van der Waals surface area contributed by atoms with Crippen molar-refractivity contribution in [3.05, 3.63) is 53.5 Å². The average molecular weight is 377 g/mol. The van der Waals surface area contributed by atoms with Gasteiger partial charge >= 0.3 is 0 Å². The van der Waals surface area contributed by atoms with Gasteiger partial charge in [0.25, 0.3) is 0 Å². The molecular weight excluding hydrogens is 350 g/mol. The number of benzene rings is 1. The predicted molar refractivity (Wildman–Crippen MR) is 112 cm³/mol. The Balaban J connectivity index is 1.63. The molecule has 0 atom stereocenters. The highest BCUT2D eigenvalue weighted by molar-refractivity contribution is 6.18. The van der Waals surface area contributed by atoms with Gasteiger partial charge in [0, 0.05) is 23.8 Å². The molecule has 0 radical (unpaired) electrons. The smallest absolute Gasteiger partial charge is 0.195 e. The highest BCUT2D eigenvalue weighted by atomic mass is 16.1. The third-order valence-electron chi connectivity index (χ3n) is 5.87. The number of H-pyrrole nitrogens is 1. The summed E-state index contributed by atoms with van der Waals surface area (Å²) >= 11 is 0. The molecule has 28 heavy (non-hydrogen) atoms. The summed E-state index contributed by atoms with van der Waals surface area (Å²) in [5.74, 6) is 0.745. The van der Waals surface area contributed by atoms with Crippen LogP contribution in [0.2, 0.25) is 0 Å². The van der Waals surface area contributed by atoms with E-state index in [9.17, 15) is 4.79 Å². The number of carbonyl (C=O) groups excluding carboxylic acids is 1. The van der Waals surface area contributed by atoms with Crippen LogP contribution in [0.4, 0.5) is 5.82 Å². The number of nitrogens with one attached hydrogen (secondary N) is 2. The van der Waals surface area contributed by atoms with E-state index in [2.05, 4.69) is 39.3 Å². The summed E-state index contributed by atoms with van der Waals surface area (Å²) < 4.78 is 0. The second-order valence-electron chi connectivity index (χ2n) is 7.91. The molecule has 4 rings (SSSR count). The number of nitrogens with zero attached hydrogens (tertiary/aromatic N) is 3. The van der Waals surface area contributed by atoms with Gasteiger partial charge in [0.2, 0.25) is 0 Å². The van der Waals surface area contributed by atoms with E-state index >= 15 is 0 Å². The van der Waals surface area contributed by atoms with Crippen molar-refractivity contribution in [1.29, 1.82) is 0 Å². The van der Waals surface area contributed by atoms with Crippen molar-refractivity contribution in [2.45, 2.75) is 44.7 Å². The van der Waals surface area contributed by atoms with Gasteiger partial charge in [-0.1, -0.05) is 24.3 Å². The van der Waals surface area contributed by atoms with Gasteiger partial charge in [0.1, 0.15) is 17.8 Å². The molecule has 6 nitrogen and oxygen atoms in total. The zero-order chi connectivity index (χ0) is 19.7. The van der Waals surface area contributed by atoms with Crippen molar-refractivity contribution in [2.24, 2.45) is 0 Å². The Bertz CT molecular complexity index is 986. The number of hydrogen-bond donors (Lipinski definition) is 2. The number of ketones is 1. The van der Waals surface area contributed by atoms with Crippen LogP contribution in [0.1, 0.15) is 47.2 Å². The molecule has 0 unspecified atom stereocenters. The summed E-state index contributed by atoms with van der Waals surface area (Å²) in [7, 11) is 4.30. The monoisotopic (exact) mass is 377 g/mol. The first-order chi connectivity index (χ1) is 13.5. The minimum atomic E-state index is -0.00137. The van der Waals surface area contributed by atoms with E-state index in [0.717, 1.165) is 29.6 Å². The number of fused-ring (bicyclic) bond motifs is 1. The largest absolute Gasteiger partial charge is 0.367 e. The predicted octanol–water partition coefficient (Wildman–Crippen LogP) is 3.78. The van der Waals surface area contributed by atoms with E-state index in [4.69, 9.17) is 0 Å². The maximum atomic E-state index is 13.2. The zero-order valence-electron chi connectivity index (χ0n) is 16.7. The van der Waals surface area contributed by atoms with Crippen LogP contribution < -0.4 is 5.32 Å². The minimum Gasteiger partial charge on any atom is -0.367 e. The molecule has 2 N–H and O–H groups in total. The van der Waals surface area contributed by atoms with Crippen molar-refractivity contribution in [3.63, 3.8) is 0 Å². The summed E-state index contributed by atoms with van der Waals surface area (Å²) in [6, 6.07) is 8.69. The van der Waals surface area contributed by atoms with Crippen molar-refractivity contribution < 1.29 is 4.79 Å². The van der Waals surface area contributed by atoms with Gasteiger partial charge in [-0.15, -0.1) is 0 Å². The molecule has 0 spiro atoms. The molecule has 1 aromatic carbocycles. The summed E-state index contributed by atoms with van der Waals surface area (Å²) in [6.07, 6.45) is 7.83. The molecule has 0 aliphatic heterocycles. The third kappa shape index (κ3) is 3.52. The van der Waals surface area contributed by atoms with Crippen LogP contribution in [-0.2, 0) is 0 Å². The number of rotatable bonds is 5. The topological polar surface area (TPSA) is 73.9 Å². The van der Waals surface area contributed by atoms with Crippen molar-refractivity contribution in [1.82, 2.24) is 19.9 Å². The lowest BCUT2D eigenvalue weighted by Crippen LogP contribution is -2.36. The molecule has 3 aromatic rings. The van der Waals surface area contributed by atoms with E-state index in [1.165, 1.54) is 12.8 Å². The van der Waals surface area contributed by atoms with Gasteiger partial charge in [0.05, 0.1) is 10.9 Å². The summed E-state index contributed by atoms with van der Waals surface area (Å²) in [4.78, 5) is 27.5. The number of aromatic nitrogens is 3. The Morgan fingerprint density at radius 1 is 1.11 bits per heavy atom. The van der Waals surface area contributed by atoms with E-state index in [0.29, 0.717) is 28.9 Å². The lowest BCUT2D eigenvalue weighted by molar-refractivity contribution is 0.103. The highest BCUT2D eigenvalue weighted by Gasteiger charge is 2.25. The number of hydrogen-bond acceptors (Lipinski definition) is 5. The maximum absolute atomic E-state index is 13.2. The van der Waals surface area contributed by atoms with Gasteiger partial charge in [-0.05, 0) is 52.3 Å². The molecule has 2 heterocycles. The number of carbonyl (C=O) groups is 1. The molecule has 146 valence electrons. The third-order valence-corrected chi connectivity index (χ3v) is 5.87. The normalized spacial score (nSPS) is 19.9. The van der Waals surface area contributed by atoms with Crippen molar-refractivity contribution in [3.8, 4) is 0 Å². The molecule has 1 saturated carbocycles.